The molecule has 0 aliphatic heterocycles. The van der Waals surface area contributed by atoms with Crippen LogP contribution in [0.25, 0.3) is 0 Å². The van der Waals surface area contributed by atoms with Crippen LogP contribution in [0.5, 0.6) is 0 Å². The number of nitrogens with zero attached hydrogens (tertiary/aromatic N) is 2. The fourth-order valence-corrected chi connectivity index (χ4v) is 3.39. The van der Waals surface area contributed by atoms with Gasteiger partial charge in [0.2, 0.25) is 0 Å². The third-order valence-electron chi connectivity index (χ3n) is 4.64. The highest BCUT2D eigenvalue weighted by Crippen LogP contribution is 2.30. The van der Waals surface area contributed by atoms with E-state index in [-0.39, 0.29) is 0 Å². The van der Waals surface area contributed by atoms with Gasteiger partial charge in [-0.1, -0.05) is 25.8 Å². The summed E-state index contributed by atoms with van der Waals surface area (Å²) >= 11 is 0. The first-order valence-electron chi connectivity index (χ1n) is 8.08. The fourth-order valence-electron chi connectivity index (χ4n) is 3.39. The van der Waals surface area contributed by atoms with Crippen LogP contribution >= 0.6 is 0 Å². The van der Waals surface area contributed by atoms with Gasteiger partial charge in [-0.25, -0.2) is 0 Å². The molecular formula is C17H29N3. The summed E-state index contributed by atoms with van der Waals surface area (Å²) in [5.41, 5.74) is 8.25. The van der Waals surface area contributed by atoms with Crippen LogP contribution in [0.2, 0.25) is 0 Å². The number of hydrogen-bond donors (Lipinski definition) is 1. The number of aromatic nitrogens is 1. The van der Waals surface area contributed by atoms with Crippen molar-refractivity contribution < 1.29 is 0 Å². The molecule has 0 amide bonds. The lowest BCUT2D eigenvalue weighted by atomic mass is 9.79. The van der Waals surface area contributed by atoms with Gasteiger partial charge >= 0.3 is 0 Å². The van der Waals surface area contributed by atoms with Gasteiger partial charge in [0.1, 0.15) is 0 Å². The van der Waals surface area contributed by atoms with E-state index >= 15 is 0 Å². The largest absolute Gasteiger partial charge is 0.330 e. The molecule has 1 heterocycles. The van der Waals surface area contributed by atoms with Crippen LogP contribution in [0.1, 0.15) is 44.0 Å². The molecule has 2 rings (SSSR count). The lowest BCUT2D eigenvalue weighted by Gasteiger charge is -2.34. The first-order chi connectivity index (χ1) is 9.72. The third kappa shape index (κ3) is 4.29. The fraction of sp³-hybridized carbons (Fsp3) is 0.706. The number of pyridine rings is 1. The van der Waals surface area contributed by atoms with Crippen molar-refractivity contribution in [1.29, 1.82) is 0 Å². The Morgan fingerprint density at radius 2 is 2.00 bits per heavy atom. The second kappa shape index (κ2) is 7.75. The van der Waals surface area contributed by atoms with E-state index < -0.39 is 0 Å². The van der Waals surface area contributed by atoms with Gasteiger partial charge in [0.05, 0.1) is 5.69 Å². The number of nitrogens with two attached hydrogens (primary N) is 1. The highest BCUT2D eigenvalue weighted by molar-refractivity contribution is 5.09. The van der Waals surface area contributed by atoms with Gasteiger partial charge in [0.15, 0.2) is 0 Å². The molecule has 1 aliphatic carbocycles. The van der Waals surface area contributed by atoms with Crippen LogP contribution in [0.4, 0.5) is 0 Å². The SMILES string of the molecule is CCN(Cc1cccc(C)n1)CC1CCCCC1CN. The summed E-state index contributed by atoms with van der Waals surface area (Å²) in [6.07, 6.45) is 5.41. The van der Waals surface area contributed by atoms with Crippen LogP contribution in [0.15, 0.2) is 18.2 Å². The summed E-state index contributed by atoms with van der Waals surface area (Å²) in [7, 11) is 0. The summed E-state index contributed by atoms with van der Waals surface area (Å²) in [6, 6.07) is 6.30. The first-order valence-corrected chi connectivity index (χ1v) is 8.08. The first kappa shape index (κ1) is 15.5. The third-order valence-corrected chi connectivity index (χ3v) is 4.64. The minimum Gasteiger partial charge on any atom is -0.330 e. The van der Waals surface area contributed by atoms with E-state index in [4.69, 9.17) is 5.73 Å². The van der Waals surface area contributed by atoms with Gasteiger partial charge < -0.3 is 5.73 Å². The van der Waals surface area contributed by atoms with Crippen molar-refractivity contribution >= 4 is 0 Å². The zero-order valence-corrected chi connectivity index (χ0v) is 13.0. The van der Waals surface area contributed by atoms with E-state index in [1.807, 2.05) is 0 Å². The Hall–Kier alpha value is -0.930. The molecular weight excluding hydrogens is 246 g/mol. The maximum Gasteiger partial charge on any atom is 0.0547 e. The quantitative estimate of drug-likeness (QED) is 0.868. The lowest BCUT2D eigenvalue weighted by Crippen LogP contribution is -2.37. The van der Waals surface area contributed by atoms with Crippen molar-refractivity contribution in [1.82, 2.24) is 9.88 Å². The molecule has 3 heteroatoms. The van der Waals surface area contributed by atoms with E-state index in [1.165, 1.54) is 37.9 Å². The molecule has 0 saturated heterocycles. The van der Waals surface area contributed by atoms with E-state index in [0.717, 1.165) is 37.2 Å². The van der Waals surface area contributed by atoms with E-state index in [1.54, 1.807) is 0 Å². The molecule has 0 aromatic carbocycles. The van der Waals surface area contributed by atoms with Crippen LogP contribution in [-0.4, -0.2) is 29.5 Å². The molecule has 1 fully saturated rings. The van der Waals surface area contributed by atoms with Crippen LogP contribution in [0.3, 0.4) is 0 Å². The summed E-state index contributed by atoms with van der Waals surface area (Å²) in [5, 5.41) is 0. The van der Waals surface area contributed by atoms with Crippen LogP contribution < -0.4 is 5.73 Å². The summed E-state index contributed by atoms with van der Waals surface area (Å²) in [4.78, 5) is 7.16. The average molecular weight is 275 g/mol. The van der Waals surface area contributed by atoms with Crippen LogP contribution in [0, 0.1) is 18.8 Å². The topological polar surface area (TPSA) is 42.2 Å². The highest BCUT2D eigenvalue weighted by Gasteiger charge is 2.25. The molecule has 2 N–H and O–H groups in total. The van der Waals surface area contributed by atoms with Gasteiger partial charge in [-0.15, -0.1) is 0 Å². The standard InChI is InChI=1S/C17H29N3/c1-3-20(13-17-10-6-7-14(2)19-17)12-16-9-5-4-8-15(16)11-18/h6-7,10,15-16H,3-5,8-9,11-13,18H2,1-2H3. The van der Waals surface area contributed by atoms with Gasteiger partial charge in [-0.3, -0.25) is 9.88 Å². The molecule has 1 saturated carbocycles. The molecule has 1 aromatic heterocycles. The molecule has 0 spiro atoms. The van der Waals surface area contributed by atoms with Gasteiger partial charge in [-0.2, -0.15) is 0 Å². The van der Waals surface area contributed by atoms with E-state index in [2.05, 4.69) is 41.9 Å². The monoisotopic (exact) mass is 275 g/mol. The Morgan fingerprint density at radius 3 is 2.65 bits per heavy atom. The summed E-state index contributed by atoms with van der Waals surface area (Å²) in [6.45, 7) is 8.38. The Morgan fingerprint density at radius 1 is 1.25 bits per heavy atom. The van der Waals surface area contributed by atoms with Crippen molar-refractivity contribution in [3.63, 3.8) is 0 Å². The van der Waals surface area contributed by atoms with Crippen LogP contribution in [-0.2, 0) is 6.54 Å². The van der Waals surface area contributed by atoms with Gasteiger partial charge in [0.25, 0.3) is 0 Å². The Bertz CT molecular complexity index is 405. The van der Waals surface area contributed by atoms with Crippen molar-refractivity contribution in [2.24, 2.45) is 17.6 Å². The molecule has 0 radical (unpaired) electrons. The smallest absolute Gasteiger partial charge is 0.0547 e. The highest BCUT2D eigenvalue weighted by atomic mass is 15.1. The molecule has 112 valence electrons. The summed E-state index contributed by atoms with van der Waals surface area (Å²) in [5.74, 6) is 1.50. The Labute approximate surface area is 123 Å². The predicted octanol–water partition coefficient (Wildman–Crippen LogP) is 2.98. The normalized spacial score (nSPS) is 23.2. The molecule has 0 bridgehead atoms. The van der Waals surface area contributed by atoms with Gasteiger partial charge in [0, 0.05) is 18.8 Å². The average Bonchev–Trinajstić information content (AvgIpc) is 2.47. The maximum absolute atomic E-state index is 5.95. The molecule has 1 aromatic rings. The Balaban J connectivity index is 1.94. The number of aryl methyl sites for hydroxylation is 1. The van der Waals surface area contributed by atoms with E-state index in [9.17, 15) is 0 Å². The number of hydrogen-bond acceptors (Lipinski definition) is 3. The maximum atomic E-state index is 5.95. The lowest BCUT2D eigenvalue weighted by molar-refractivity contribution is 0.153. The zero-order chi connectivity index (χ0) is 14.4. The molecule has 2 unspecified atom stereocenters. The zero-order valence-electron chi connectivity index (χ0n) is 13.0. The minimum absolute atomic E-state index is 0.725. The number of rotatable bonds is 6. The van der Waals surface area contributed by atoms with Crippen molar-refractivity contribution in [3.8, 4) is 0 Å². The van der Waals surface area contributed by atoms with E-state index in [0.29, 0.717) is 0 Å². The predicted molar refractivity (Wildman–Crippen MR) is 84.4 cm³/mol. The second-order valence-corrected chi connectivity index (χ2v) is 6.14. The van der Waals surface area contributed by atoms with Crippen molar-refractivity contribution in [3.05, 3.63) is 29.6 Å². The molecule has 20 heavy (non-hydrogen) atoms. The Kier molecular flexibility index (Phi) is 5.99. The van der Waals surface area contributed by atoms with Crippen molar-refractivity contribution in [2.45, 2.75) is 46.1 Å². The summed E-state index contributed by atoms with van der Waals surface area (Å²) < 4.78 is 0. The molecule has 2 atom stereocenters. The molecule has 3 nitrogen and oxygen atoms in total. The van der Waals surface area contributed by atoms with Gasteiger partial charge in [-0.05, 0) is 56.8 Å². The minimum atomic E-state index is 0.725. The molecule has 1 aliphatic rings. The second-order valence-electron chi connectivity index (χ2n) is 6.14. The van der Waals surface area contributed by atoms with Crippen molar-refractivity contribution in [2.75, 3.05) is 19.6 Å².